The number of hydrogen-bond acceptors (Lipinski definition) is 5. The third-order valence-corrected chi connectivity index (χ3v) is 9.08. The van der Waals surface area contributed by atoms with Crippen molar-refractivity contribution in [3.63, 3.8) is 0 Å². The first kappa shape index (κ1) is 25.8. The molecule has 2 aromatic carbocycles. The Morgan fingerprint density at radius 2 is 1.58 bits per heavy atom. The van der Waals surface area contributed by atoms with Crippen LogP contribution >= 0.6 is 23.2 Å². The van der Waals surface area contributed by atoms with Gasteiger partial charge in [-0.2, -0.15) is 4.31 Å². The minimum absolute atomic E-state index is 0.0143. The lowest BCUT2D eigenvalue weighted by atomic mass is 10.2. The number of rotatable bonds is 7. The molecule has 1 amide bonds. The van der Waals surface area contributed by atoms with Crippen LogP contribution in [0.25, 0.3) is 0 Å². The maximum absolute atomic E-state index is 12.9. The third-order valence-electron chi connectivity index (χ3n) is 5.23. The van der Waals surface area contributed by atoms with E-state index in [0.29, 0.717) is 18.8 Å². The zero-order valence-electron chi connectivity index (χ0n) is 18.0. The molecule has 0 atom stereocenters. The summed E-state index contributed by atoms with van der Waals surface area (Å²) in [5.41, 5.74) is 0.418. The summed E-state index contributed by atoms with van der Waals surface area (Å²) >= 11 is 12.1. The minimum Gasteiger partial charge on any atom is -0.325 e. The third kappa shape index (κ3) is 6.39. The number of nitrogens with one attached hydrogen (secondary N) is 1. The van der Waals surface area contributed by atoms with Crippen molar-refractivity contribution in [1.29, 1.82) is 0 Å². The van der Waals surface area contributed by atoms with Gasteiger partial charge in [-0.05, 0) is 49.2 Å². The largest absolute Gasteiger partial charge is 0.325 e. The van der Waals surface area contributed by atoms with Crippen LogP contribution in [0.5, 0.6) is 0 Å². The molecule has 0 spiro atoms. The van der Waals surface area contributed by atoms with Crippen LogP contribution in [-0.4, -0.2) is 52.9 Å². The molecule has 0 radical (unpaired) electrons. The second kappa shape index (κ2) is 10.6. The van der Waals surface area contributed by atoms with E-state index in [4.69, 9.17) is 23.2 Å². The van der Waals surface area contributed by atoms with E-state index in [0.717, 1.165) is 36.2 Å². The summed E-state index contributed by atoms with van der Waals surface area (Å²) in [5, 5.41) is 2.76. The molecule has 8 nitrogen and oxygen atoms in total. The Morgan fingerprint density at radius 3 is 2.15 bits per heavy atom. The fourth-order valence-corrected chi connectivity index (χ4v) is 6.36. The number of sulfonamides is 2. The molecular formula is C21H25Cl2N3O5S2. The fourth-order valence-electron chi connectivity index (χ4n) is 3.54. The van der Waals surface area contributed by atoms with Crippen LogP contribution in [0.2, 0.25) is 10.0 Å². The van der Waals surface area contributed by atoms with Crippen molar-refractivity contribution >= 4 is 60.5 Å². The maximum Gasteiger partial charge on any atom is 0.245 e. The van der Waals surface area contributed by atoms with Crippen LogP contribution in [0.3, 0.4) is 0 Å². The standard InChI is InChI=1S/C21H25Cl2N3O5S2/c1-32(28,29)26(19-8-6-7-18(22)21(19)23)15-20(27)24-16-9-11-17(12-10-16)33(30,31)25-13-4-2-3-5-14-25/h6-12H,2-5,13-15H2,1H3,(H,24,27). The number of carbonyl (C=O) groups is 1. The van der Waals surface area contributed by atoms with Crippen molar-refractivity contribution in [3.05, 3.63) is 52.5 Å². The van der Waals surface area contributed by atoms with Crippen LogP contribution in [0.4, 0.5) is 11.4 Å². The van der Waals surface area contributed by atoms with Crippen LogP contribution in [0, 0.1) is 0 Å². The molecule has 1 saturated heterocycles. The van der Waals surface area contributed by atoms with Gasteiger partial charge in [0.15, 0.2) is 0 Å². The predicted octanol–water partition coefficient (Wildman–Crippen LogP) is 3.96. The molecule has 1 aliphatic rings. The van der Waals surface area contributed by atoms with Crippen molar-refractivity contribution in [3.8, 4) is 0 Å². The zero-order valence-corrected chi connectivity index (χ0v) is 21.1. The fraction of sp³-hybridized carbons (Fsp3) is 0.381. The highest BCUT2D eigenvalue weighted by Gasteiger charge is 2.26. The minimum atomic E-state index is -3.84. The van der Waals surface area contributed by atoms with E-state index in [1.807, 2.05) is 0 Å². The number of nitrogens with zero attached hydrogens (tertiary/aromatic N) is 2. The van der Waals surface area contributed by atoms with Crippen molar-refractivity contribution in [2.24, 2.45) is 0 Å². The summed E-state index contributed by atoms with van der Waals surface area (Å²) in [7, 11) is -7.45. The van der Waals surface area contributed by atoms with Crippen LogP contribution in [0.1, 0.15) is 25.7 Å². The zero-order chi connectivity index (χ0) is 24.2. The Labute approximate surface area is 204 Å². The van der Waals surface area contributed by atoms with Gasteiger partial charge in [-0.3, -0.25) is 9.10 Å². The van der Waals surface area contributed by atoms with Crippen LogP contribution in [0.15, 0.2) is 47.4 Å². The van der Waals surface area contributed by atoms with Gasteiger partial charge < -0.3 is 5.32 Å². The van der Waals surface area contributed by atoms with Gasteiger partial charge in [0.25, 0.3) is 0 Å². The molecule has 0 bridgehead atoms. The van der Waals surface area contributed by atoms with Gasteiger partial charge in [-0.15, -0.1) is 0 Å². The Bertz CT molecular complexity index is 1210. The smallest absolute Gasteiger partial charge is 0.245 e. The lowest BCUT2D eigenvalue weighted by molar-refractivity contribution is -0.114. The van der Waals surface area contributed by atoms with Crippen LogP contribution in [-0.2, 0) is 24.8 Å². The maximum atomic E-state index is 12.9. The topological polar surface area (TPSA) is 104 Å². The number of benzene rings is 2. The van der Waals surface area contributed by atoms with Crippen LogP contribution < -0.4 is 9.62 Å². The lowest BCUT2D eigenvalue weighted by Crippen LogP contribution is -2.37. The molecule has 1 heterocycles. The average Bonchev–Trinajstić information content (AvgIpc) is 3.04. The van der Waals surface area contributed by atoms with Gasteiger partial charge in [-0.1, -0.05) is 42.1 Å². The quantitative estimate of drug-likeness (QED) is 0.579. The molecule has 0 aliphatic carbocycles. The molecule has 0 aromatic heterocycles. The van der Waals surface area contributed by atoms with Gasteiger partial charge in [0.05, 0.1) is 26.9 Å². The number of amides is 1. The first-order valence-corrected chi connectivity index (χ1v) is 14.4. The summed E-state index contributed by atoms with van der Waals surface area (Å²) in [5.74, 6) is -0.625. The number of carbonyl (C=O) groups excluding carboxylic acids is 1. The average molecular weight is 534 g/mol. The van der Waals surface area contributed by atoms with Gasteiger partial charge >= 0.3 is 0 Å². The summed E-state index contributed by atoms with van der Waals surface area (Å²) in [6.45, 7) is 0.454. The van der Waals surface area contributed by atoms with Crippen molar-refractivity contribution in [1.82, 2.24) is 4.31 Å². The van der Waals surface area contributed by atoms with E-state index in [1.165, 1.54) is 46.8 Å². The molecule has 1 aliphatic heterocycles. The summed E-state index contributed by atoms with van der Waals surface area (Å²) in [6, 6.07) is 10.3. The lowest BCUT2D eigenvalue weighted by Gasteiger charge is -2.23. The van der Waals surface area contributed by atoms with E-state index in [1.54, 1.807) is 0 Å². The normalized spacial score (nSPS) is 15.6. The molecule has 180 valence electrons. The van der Waals surface area contributed by atoms with E-state index in [2.05, 4.69) is 5.32 Å². The highest BCUT2D eigenvalue weighted by molar-refractivity contribution is 7.92. The van der Waals surface area contributed by atoms with E-state index >= 15 is 0 Å². The number of halogens is 2. The van der Waals surface area contributed by atoms with E-state index in [-0.39, 0.29) is 20.6 Å². The molecule has 0 unspecified atom stereocenters. The Kier molecular flexibility index (Phi) is 8.28. The molecule has 12 heteroatoms. The van der Waals surface area contributed by atoms with Gasteiger partial charge in [-0.25, -0.2) is 16.8 Å². The highest BCUT2D eigenvalue weighted by Crippen LogP contribution is 2.33. The van der Waals surface area contributed by atoms with Crippen molar-refractivity contribution < 1.29 is 21.6 Å². The molecule has 1 fully saturated rings. The molecule has 2 aromatic rings. The summed E-state index contributed by atoms with van der Waals surface area (Å²) < 4.78 is 52.7. The van der Waals surface area contributed by atoms with Gasteiger partial charge in [0.2, 0.25) is 26.0 Å². The Balaban J connectivity index is 1.74. The molecule has 3 rings (SSSR count). The SMILES string of the molecule is CS(=O)(=O)N(CC(=O)Nc1ccc(S(=O)(=O)N2CCCCCC2)cc1)c1cccc(Cl)c1Cl. The van der Waals surface area contributed by atoms with E-state index < -0.39 is 32.5 Å². The second-order valence-electron chi connectivity index (χ2n) is 7.73. The summed E-state index contributed by atoms with van der Waals surface area (Å²) in [4.78, 5) is 12.7. The monoisotopic (exact) mass is 533 g/mol. The molecule has 33 heavy (non-hydrogen) atoms. The highest BCUT2D eigenvalue weighted by atomic mass is 35.5. The van der Waals surface area contributed by atoms with Gasteiger partial charge in [0, 0.05) is 18.8 Å². The van der Waals surface area contributed by atoms with Gasteiger partial charge in [0.1, 0.15) is 6.54 Å². The second-order valence-corrected chi connectivity index (χ2v) is 12.4. The predicted molar refractivity (Wildman–Crippen MR) is 131 cm³/mol. The van der Waals surface area contributed by atoms with Crippen molar-refractivity contribution in [2.75, 3.05) is 35.5 Å². The first-order valence-electron chi connectivity index (χ1n) is 10.3. The molecule has 1 N–H and O–H groups in total. The first-order chi connectivity index (χ1) is 15.5. The Hall–Kier alpha value is -1.85. The Morgan fingerprint density at radius 1 is 0.970 bits per heavy atom. The number of hydrogen-bond donors (Lipinski definition) is 1. The molecular weight excluding hydrogens is 509 g/mol. The molecule has 0 saturated carbocycles. The number of anilines is 2. The van der Waals surface area contributed by atoms with Crippen molar-refractivity contribution in [2.45, 2.75) is 30.6 Å². The summed E-state index contributed by atoms with van der Waals surface area (Å²) in [6.07, 6.45) is 4.66. The van der Waals surface area contributed by atoms with E-state index in [9.17, 15) is 21.6 Å².